The summed E-state index contributed by atoms with van der Waals surface area (Å²) < 4.78 is 22.0. The lowest BCUT2D eigenvalue weighted by molar-refractivity contribution is -0.139. The van der Waals surface area contributed by atoms with E-state index in [0.29, 0.717) is 11.3 Å². The molecule has 76 valence electrons. The second-order valence-corrected chi connectivity index (χ2v) is 2.57. The molecule has 1 aromatic heterocycles. The first-order chi connectivity index (χ1) is 6.67. The first-order valence-corrected chi connectivity index (χ1v) is 3.92. The van der Waals surface area contributed by atoms with Gasteiger partial charge in [-0.15, -0.1) is 0 Å². The molecule has 1 aromatic rings. The van der Waals surface area contributed by atoms with Crippen molar-refractivity contribution >= 4 is 5.97 Å². The van der Waals surface area contributed by atoms with Crippen LogP contribution in [0.15, 0.2) is 12.3 Å². The first-order valence-electron chi connectivity index (χ1n) is 3.92. The van der Waals surface area contributed by atoms with Crippen LogP contribution in [0.25, 0.3) is 0 Å². The fourth-order valence-electron chi connectivity index (χ4n) is 0.992. The largest absolute Gasteiger partial charge is 0.496 e. The zero-order valence-electron chi connectivity index (χ0n) is 7.91. The highest BCUT2D eigenvalue weighted by Gasteiger charge is 2.10. The number of rotatable bonds is 3. The Morgan fingerprint density at radius 1 is 1.57 bits per heavy atom. The van der Waals surface area contributed by atoms with Gasteiger partial charge in [-0.2, -0.15) is 4.39 Å². The second-order valence-electron chi connectivity index (χ2n) is 2.57. The lowest BCUT2D eigenvalue weighted by Gasteiger charge is -2.06. The highest BCUT2D eigenvalue weighted by atomic mass is 19.1. The van der Waals surface area contributed by atoms with E-state index in [1.807, 2.05) is 0 Å². The fourth-order valence-corrected chi connectivity index (χ4v) is 0.992. The molecule has 0 aliphatic carbocycles. The lowest BCUT2D eigenvalue weighted by atomic mass is 10.2. The molecule has 0 aromatic carbocycles. The maximum Gasteiger partial charge on any atom is 0.310 e. The predicted molar refractivity (Wildman–Crippen MR) is 46.5 cm³/mol. The van der Waals surface area contributed by atoms with Gasteiger partial charge in [-0.1, -0.05) is 0 Å². The molecule has 0 saturated heterocycles. The van der Waals surface area contributed by atoms with Crippen molar-refractivity contribution in [1.82, 2.24) is 4.98 Å². The van der Waals surface area contributed by atoms with E-state index in [-0.39, 0.29) is 6.42 Å². The molecule has 4 nitrogen and oxygen atoms in total. The highest BCUT2D eigenvalue weighted by Crippen LogP contribution is 2.18. The van der Waals surface area contributed by atoms with E-state index in [2.05, 4.69) is 9.72 Å². The van der Waals surface area contributed by atoms with Crippen LogP contribution in [-0.2, 0) is 16.0 Å². The van der Waals surface area contributed by atoms with Crippen LogP contribution in [0.3, 0.4) is 0 Å². The van der Waals surface area contributed by atoms with E-state index < -0.39 is 11.9 Å². The van der Waals surface area contributed by atoms with Gasteiger partial charge in [0.05, 0.1) is 20.6 Å². The van der Waals surface area contributed by atoms with Crippen molar-refractivity contribution in [2.24, 2.45) is 0 Å². The average molecular weight is 199 g/mol. The summed E-state index contributed by atoms with van der Waals surface area (Å²) >= 11 is 0. The molecule has 0 amide bonds. The summed E-state index contributed by atoms with van der Waals surface area (Å²) in [6.07, 6.45) is 1.28. The van der Waals surface area contributed by atoms with Crippen LogP contribution in [0.1, 0.15) is 5.56 Å². The molecule has 0 atom stereocenters. The third-order valence-corrected chi connectivity index (χ3v) is 1.69. The van der Waals surface area contributed by atoms with E-state index in [4.69, 9.17) is 4.74 Å². The first kappa shape index (κ1) is 10.4. The van der Waals surface area contributed by atoms with Crippen molar-refractivity contribution in [1.29, 1.82) is 0 Å². The summed E-state index contributed by atoms with van der Waals surface area (Å²) in [5.41, 5.74) is 0.501. The molecule has 0 bridgehead atoms. The van der Waals surface area contributed by atoms with Crippen molar-refractivity contribution in [3.05, 3.63) is 23.8 Å². The van der Waals surface area contributed by atoms with Gasteiger partial charge in [0.1, 0.15) is 5.75 Å². The van der Waals surface area contributed by atoms with Gasteiger partial charge in [-0.05, 0) is 0 Å². The Hall–Kier alpha value is -1.65. The number of carbonyl (C=O) groups excluding carboxylic acids is 1. The third-order valence-electron chi connectivity index (χ3n) is 1.69. The van der Waals surface area contributed by atoms with E-state index in [1.54, 1.807) is 0 Å². The Labute approximate surface area is 80.7 Å². The molecular formula is C9H10FNO3. The van der Waals surface area contributed by atoms with Gasteiger partial charge in [0, 0.05) is 17.8 Å². The lowest BCUT2D eigenvalue weighted by Crippen LogP contribution is -2.06. The Morgan fingerprint density at radius 2 is 2.29 bits per heavy atom. The number of carbonyl (C=O) groups is 1. The predicted octanol–water partition coefficient (Wildman–Crippen LogP) is 0.945. The van der Waals surface area contributed by atoms with Crippen molar-refractivity contribution < 1.29 is 18.7 Å². The molecule has 0 saturated carbocycles. The number of ether oxygens (including phenoxy) is 2. The number of hydrogen-bond donors (Lipinski definition) is 0. The van der Waals surface area contributed by atoms with E-state index in [1.165, 1.54) is 20.4 Å². The quantitative estimate of drug-likeness (QED) is 0.537. The van der Waals surface area contributed by atoms with Crippen molar-refractivity contribution in [2.45, 2.75) is 6.42 Å². The Balaban J connectivity index is 2.90. The molecule has 1 heterocycles. The van der Waals surface area contributed by atoms with Gasteiger partial charge < -0.3 is 9.47 Å². The smallest absolute Gasteiger partial charge is 0.310 e. The van der Waals surface area contributed by atoms with Crippen molar-refractivity contribution in [2.75, 3.05) is 14.2 Å². The van der Waals surface area contributed by atoms with E-state index in [0.717, 1.165) is 6.07 Å². The van der Waals surface area contributed by atoms with Crippen LogP contribution in [0.4, 0.5) is 4.39 Å². The van der Waals surface area contributed by atoms with Crippen LogP contribution in [0.2, 0.25) is 0 Å². The minimum absolute atomic E-state index is 0.0208. The molecule has 0 spiro atoms. The van der Waals surface area contributed by atoms with Crippen molar-refractivity contribution in [3.63, 3.8) is 0 Å². The minimum atomic E-state index is -0.643. The van der Waals surface area contributed by atoms with Gasteiger partial charge in [0.2, 0.25) is 5.95 Å². The molecular weight excluding hydrogens is 189 g/mol. The fraction of sp³-hybridized carbons (Fsp3) is 0.333. The zero-order valence-corrected chi connectivity index (χ0v) is 7.91. The summed E-state index contributed by atoms with van der Waals surface area (Å²) in [5.74, 6) is -0.768. The molecule has 0 aliphatic rings. The average Bonchev–Trinajstić information content (AvgIpc) is 2.20. The SMILES string of the molecule is COC(=O)Cc1cnc(F)cc1OC. The Bertz CT molecular complexity index is 341. The van der Waals surface area contributed by atoms with Crippen LogP contribution >= 0.6 is 0 Å². The van der Waals surface area contributed by atoms with E-state index in [9.17, 15) is 9.18 Å². The summed E-state index contributed by atoms with van der Waals surface area (Å²) in [5, 5.41) is 0. The number of pyridine rings is 1. The molecule has 0 N–H and O–H groups in total. The normalized spacial score (nSPS) is 9.64. The maximum atomic E-state index is 12.6. The number of halogens is 1. The minimum Gasteiger partial charge on any atom is -0.496 e. The number of methoxy groups -OCH3 is 2. The molecule has 5 heteroatoms. The Kier molecular flexibility index (Phi) is 3.39. The monoisotopic (exact) mass is 199 g/mol. The molecule has 0 radical (unpaired) electrons. The second kappa shape index (κ2) is 4.55. The van der Waals surface area contributed by atoms with Gasteiger partial charge >= 0.3 is 5.97 Å². The maximum absolute atomic E-state index is 12.6. The molecule has 14 heavy (non-hydrogen) atoms. The summed E-state index contributed by atoms with van der Waals surface area (Å²) in [6.45, 7) is 0. The standard InChI is InChI=1S/C9H10FNO3/c1-13-7-4-8(10)11-5-6(7)3-9(12)14-2/h4-5H,3H2,1-2H3. The van der Waals surface area contributed by atoms with E-state index >= 15 is 0 Å². The molecule has 1 rings (SSSR count). The van der Waals surface area contributed by atoms with Gasteiger partial charge in [0.15, 0.2) is 0 Å². The van der Waals surface area contributed by atoms with Crippen LogP contribution < -0.4 is 4.74 Å². The van der Waals surface area contributed by atoms with Gasteiger partial charge in [0.25, 0.3) is 0 Å². The molecule has 0 unspecified atom stereocenters. The van der Waals surface area contributed by atoms with Crippen LogP contribution in [0.5, 0.6) is 5.75 Å². The van der Waals surface area contributed by atoms with Gasteiger partial charge in [-0.25, -0.2) is 4.98 Å². The third kappa shape index (κ3) is 2.42. The zero-order chi connectivity index (χ0) is 10.6. The van der Waals surface area contributed by atoms with Crippen molar-refractivity contribution in [3.8, 4) is 5.75 Å². The topological polar surface area (TPSA) is 48.4 Å². The number of nitrogens with zero attached hydrogens (tertiary/aromatic N) is 1. The molecule has 0 aliphatic heterocycles. The van der Waals surface area contributed by atoms with Crippen LogP contribution in [0, 0.1) is 5.95 Å². The highest BCUT2D eigenvalue weighted by molar-refractivity contribution is 5.73. The number of aromatic nitrogens is 1. The number of hydrogen-bond acceptors (Lipinski definition) is 4. The summed E-state index contributed by atoms with van der Waals surface area (Å²) in [7, 11) is 2.68. The number of esters is 1. The summed E-state index contributed by atoms with van der Waals surface area (Å²) in [6, 6.07) is 1.12. The summed E-state index contributed by atoms with van der Waals surface area (Å²) in [4.78, 5) is 14.4. The molecule has 0 fully saturated rings. The Morgan fingerprint density at radius 3 is 2.86 bits per heavy atom. The van der Waals surface area contributed by atoms with Gasteiger partial charge in [-0.3, -0.25) is 4.79 Å². The van der Waals surface area contributed by atoms with Crippen LogP contribution in [-0.4, -0.2) is 25.2 Å².